The molecule has 0 atom stereocenters. The number of allylic oxidation sites excluding steroid dienone is 4. The van der Waals surface area contributed by atoms with Crippen LogP contribution >= 0.6 is 0 Å². The summed E-state index contributed by atoms with van der Waals surface area (Å²) in [5.74, 6) is 0. The number of fused-ring (bicyclic) bond motifs is 1. The highest BCUT2D eigenvalue weighted by molar-refractivity contribution is 5.28. The maximum absolute atomic E-state index is 2.57. The van der Waals surface area contributed by atoms with Gasteiger partial charge < -0.3 is 4.90 Å². The van der Waals surface area contributed by atoms with Gasteiger partial charge in [0.1, 0.15) is 0 Å². The topological polar surface area (TPSA) is 3.24 Å². The molecule has 0 aromatic carbocycles. The third-order valence-corrected chi connectivity index (χ3v) is 2.84. The van der Waals surface area contributed by atoms with E-state index in [-0.39, 0.29) is 0 Å². The lowest BCUT2D eigenvalue weighted by Crippen LogP contribution is -2.23. The van der Waals surface area contributed by atoms with Gasteiger partial charge in [0.15, 0.2) is 0 Å². The van der Waals surface area contributed by atoms with Gasteiger partial charge in [-0.25, -0.2) is 0 Å². The number of nitrogens with zero attached hydrogens (tertiary/aromatic N) is 1. The van der Waals surface area contributed by atoms with Crippen LogP contribution in [0.25, 0.3) is 0 Å². The first kappa shape index (κ1) is 7.90. The van der Waals surface area contributed by atoms with Gasteiger partial charge in [0.05, 0.1) is 0 Å². The Labute approximate surface area is 74.8 Å². The van der Waals surface area contributed by atoms with E-state index in [1.54, 1.807) is 11.3 Å². The second-order valence-corrected chi connectivity index (χ2v) is 3.67. The predicted octanol–water partition coefficient (Wildman–Crippen LogP) is 2.71. The first-order valence-corrected chi connectivity index (χ1v) is 5.01. The van der Waals surface area contributed by atoms with E-state index in [1.165, 1.54) is 38.8 Å². The molecule has 0 aliphatic carbocycles. The van der Waals surface area contributed by atoms with Gasteiger partial charge in [-0.15, -0.1) is 0 Å². The molecule has 2 aliphatic heterocycles. The molecule has 0 radical (unpaired) electrons. The summed E-state index contributed by atoms with van der Waals surface area (Å²) in [7, 11) is 0. The summed E-state index contributed by atoms with van der Waals surface area (Å²) in [5.41, 5.74) is 3.24. The zero-order valence-corrected chi connectivity index (χ0v) is 7.84. The first-order valence-electron chi connectivity index (χ1n) is 5.01. The van der Waals surface area contributed by atoms with E-state index in [1.807, 2.05) is 0 Å². The molecule has 0 aromatic heterocycles. The molecule has 0 amide bonds. The average Bonchev–Trinajstić information content (AvgIpc) is 2.53. The van der Waals surface area contributed by atoms with E-state index in [9.17, 15) is 0 Å². The molecule has 1 saturated heterocycles. The van der Waals surface area contributed by atoms with Crippen molar-refractivity contribution in [1.29, 1.82) is 0 Å². The molecule has 2 rings (SSSR count). The molecule has 2 heterocycles. The van der Waals surface area contributed by atoms with Gasteiger partial charge in [-0.2, -0.15) is 0 Å². The van der Waals surface area contributed by atoms with Crippen LogP contribution in [0, 0.1) is 0 Å². The fourth-order valence-corrected chi connectivity index (χ4v) is 2.33. The summed E-state index contributed by atoms with van der Waals surface area (Å²) >= 11 is 0. The lowest BCUT2D eigenvalue weighted by molar-refractivity contribution is 0.363. The van der Waals surface area contributed by atoms with Crippen molar-refractivity contribution < 1.29 is 0 Å². The quantitative estimate of drug-likeness (QED) is 0.574. The Hall–Kier alpha value is -0.720. The first-order chi connectivity index (χ1) is 5.92. The normalized spacial score (nSPS) is 23.9. The van der Waals surface area contributed by atoms with Crippen molar-refractivity contribution >= 4 is 0 Å². The van der Waals surface area contributed by atoms with Crippen LogP contribution in [0.2, 0.25) is 0 Å². The molecule has 0 spiro atoms. The molecule has 0 bridgehead atoms. The van der Waals surface area contributed by atoms with Crippen LogP contribution in [0.3, 0.4) is 0 Å². The van der Waals surface area contributed by atoms with Crippen LogP contribution in [0.5, 0.6) is 0 Å². The summed E-state index contributed by atoms with van der Waals surface area (Å²) in [6, 6.07) is 0. The Morgan fingerprint density at radius 2 is 1.92 bits per heavy atom. The van der Waals surface area contributed by atoms with E-state index in [4.69, 9.17) is 0 Å². The molecule has 0 N–H and O–H groups in total. The average molecular weight is 163 g/mol. The Morgan fingerprint density at radius 1 is 1.17 bits per heavy atom. The highest BCUT2D eigenvalue weighted by atomic mass is 15.2. The Balaban J connectivity index is 2.25. The molecule has 12 heavy (non-hydrogen) atoms. The Bertz CT molecular complexity index is 225. The molecular formula is C11H17N. The minimum absolute atomic E-state index is 1.30. The molecule has 1 heteroatoms. The SMILES string of the molecule is C/C=C/C1=C2CCCN2CCC1. The van der Waals surface area contributed by atoms with Gasteiger partial charge in [0, 0.05) is 18.8 Å². The van der Waals surface area contributed by atoms with Crippen LogP contribution in [-0.4, -0.2) is 18.0 Å². The van der Waals surface area contributed by atoms with Crippen LogP contribution in [0.15, 0.2) is 23.4 Å². The molecule has 0 aromatic rings. The third-order valence-electron chi connectivity index (χ3n) is 2.84. The second kappa shape index (κ2) is 3.34. The Kier molecular flexibility index (Phi) is 2.20. The number of rotatable bonds is 1. The van der Waals surface area contributed by atoms with Crippen molar-refractivity contribution in [3.8, 4) is 0 Å². The minimum atomic E-state index is 1.30. The molecule has 0 saturated carbocycles. The third kappa shape index (κ3) is 1.28. The lowest BCUT2D eigenvalue weighted by atomic mass is 10.0. The maximum atomic E-state index is 2.57. The molecule has 1 fully saturated rings. The zero-order chi connectivity index (χ0) is 8.39. The van der Waals surface area contributed by atoms with Crippen molar-refractivity contribution in [2.24, 2.45) is 0 Å². The van der Waals surface area contributed by atoms with Crippen LogP contribution < -0.4 is 0 Å². The van der Waals surface area contributed by atoms with Crippen LogP contribution in [0.1, 0.15) is 32.6 Å². The molecule has 2 aliphatic rings. The summed E-state index contributed by atoms with van der Waals surface area (Å²) < 4.78 is 0. The highest BCUT2D eigenvalue weighted by Crippen LogP contribution is 2.31. The number of hydrogen-bond donors (Lipinski definition) is 0. The van der Waals surface area contributed by atoms with Crippen molar-refractivity contribution in [2.75, 3.05) is 13.1 Å². The second-order valence-electron chi connectivity index (χ2n) is 3.67. The fraction of sp³-hybridized carbons (Fsp3) is 0.636. The minimum Gasteiger partial charge on any atom is -0.375 e. The summed E-state index contributed by atoms with van der Waals surface area (Å²) in [5, 5.41) is 0. The van der Waals surface area contributed by atoms with E-state index >= 15 is 0 Å². The monoisotopic (exact) mass is 163 g/mol. The number of hydrogen-bond acceptors (Lipinski definition) is 1. The van der Waals surface area contributed by atoms with E-state index in [0.29, 0.717) is 0 Å². The molecule has 1 nitrogen and oxygen atoms in total. The van der Waals surface area contributed by atoms with Gasteiger partial charge in [0.25, 0.3) is 0 Å². The summed E-state index contributed by atoms with van der Waals surface area (Å²) in [6.07, 6.45) is 9.81. The standard InChI is InChI=1S/C11H17N/c1-2-5-10-6-3-8-12-9-4-7-11(10)12/h2,5H,3-4,6-9H2,1H3/b5-2+. The predicted molar refractivity (Wildman–Crippen MR) is 51.9 cm³/mol. The molecule has 66 valence electrons. The summed E-state index contributed by atoms with van der Waals surface area (Å²) in [6.45, 7) is 4.72. The van der Waals surface area contributed by atoms with Gasteiger partial charge in [0.2, 0.25) is 0 Å². The molecule has 0 unspecified atom stereocenters. The highest BCUT2D eigenvalue weighted by Gasteiger charge is 2.22. The zero-order valence-electron chi connectivity index (χ0n) is 7.84. The van der Waals surface area contributed by atoms with E-state index < -0.39 is 0 Å². The van der Waals surface area contributed by atoms with Crippen molar-refractivity contribution in [2.45, 2.75) is 32.6 Å². The van der Waals surface area contributed by atoms with Crippen LogP contribution in [0.4, 0.5) is 0 Å². The Morgan fingerprint density at radius 3 is 2.67 bits per heavy atom. The van der Waals surface area contributed by atoms with Gasteiger partial charge >= 0.3 is 0 Å². The van der Waals surface area contributed by atoms with Crippen molar-refractivity contribution in [3.05, 3.63) is 23.4 Å². The van der Waals surface area contributed by atoms with Gasteiger partial charge in [-0.05, 0) is 38.2 Å². The van der Waals surface area contributed by atoms with Crippen LogP contribution in [-0.2, 0) is 0 Å². The fourth-order valence-electron chi connectivity index (χ4n) is 2.33. The molecular weight excluding hydrogens is 146 g/mol. The van der Waals surface area contributed by atoms with E-state index in [2.05, 4.69) is 24.0 Å². The largest absolute Gasteiger partial charge is 0.375 e. The van der Waals surface area contributed by atoms with Gasteiger partial charge in [-0.3, -0.25) is 0 Å². The smallest absolute Gasteiger partial charge is 0.0178 e. The van der Waals surface area contributed by atoms with Crippen molar-refractivity contribution in [1.82, 2.24) is 4.90 Å². The summed E-state index contributed by atoms with van der Waals surface area (Å²) in [4.78, 5) is 2.57. The van der Waals surface area contributed by atoms with Crippen molar-refractivity contribution in [3.63, 3.8) is 0 Å². The maximum Gasteiger partial charge on any atom is 0.0178 e. The lowest BCUT2D eigenvalue weighted by Gasteiger charge is -2.27. The van der Waals surface area contributed by atoms with Gasteiger partial charge in [-0.1, -0.05) is 12.2 Å². The van der Waals surface area contributed by atoms with E-state index in [0.717, 1.165) is 0 Å².